The van der Waals surface area contributed by atoms with E-state index in [9.17, 15) is 9.59 Å². The highest BCUT2D eigenvalue weighted by Crippen LogP contribution is 2.20. The van der Waals surface area contributed by atoms with Gasteiger partial charge in [-0.15, -0.1) is 0 Å². The Kier molecular flexibility index (Phi) is 3.75. The molecule has 2 aromatic rings. The largest absolute Gasteiger partial charge is 0.496 e. The molecule has 0 bridgehead atoms. The van der Waals surface area contributed by atoms with E-state index >= 15 is 0 Å². The Hall–Kier alpha value is -2.43. The molecule has 5 heteroatoms. The second kappa shape index (κ2) is 5.48. The lowest BCUT2D eigenvalue weighted by molar-refractivity contribution is 0.101. The van der Waals surface area contributed by atoms with Crippen molar-refractivity contribution in [2.24, 2.45) is 0 Å². The lowest BCUT2D eigenvalue weighted by atomic mass is 10.1. The number of carbonyl (C=O) groups excluding carboxylic acids is 1. The molecule has 1 aromatic carbocycles. The molecule has 98 valence electrons. The van der Waals surface area contributed by atoms with Gasteiger partial charge in [0.25, 0.3) is 5.56 Å². The average molecular weight is 258 g/mol. The predicted molar refractivity (Wildman–Crippen MR) is 70.6 cm³/mol. The molecule has 0 atom stereocenters. The third-order valence-corrected chi connectivity index (χ3v) is 2.79. The van der Waals surface area contributed by atoms with Gasteiger partial charge in [0.05, 0.1) is 13.7 Å². The van der Waals surface area contributed by atoms with Crippen LogP contribution < -0.4 is 10.3 Å². The Morgan fingerprint density at radius 3 is 2.79 bits per heavy atom. The summed E-state index contributed by atoms with van der Waals surface area (Å²) in [5, 5.41) is 3.99. The molecule has 2 rings (SSSR count). The smallest absolute Gasteiger partial charge is 0.267 e. The average Bonchev–Trinajstić information content (AvgIpc) is 2.41. The zero-order chi connectivity index (χ0) is 13.8. The maximum atomic E-state index is 11.6. The maximum Gasteiger partial charge on any atom is 0.267 e. The van der Waals surface area contributed by atoms with Crippen LogP contribution in [0.2, 0.25) is 0 Å². The van der Waals surface area contributed by atoms with Crippen LogP contribution in [0.4, 0.5) is 0 Å². The minimum Gasteiger partial charge on any atom is -0.496 e. The van der Waals surface area contributed by atoms with Crippen molar-refractivity contribution in [1.29, 1.82) is 0 Å². The number of hydrogen-bond acceptors (Lipinski definition) is 4. The summed E-state index contributed by atoms with van der Waals surface area (Å²) in [5.41, 5.74) is 1.13. The van der Waals surface area contributed by atoms with Gasteiger partial charge in [0.1, 0.15) is 5.75 Å². The Morgan fingerprint density at radius 2 is 2.16 bits per heavy atom. The fourth-order valence-electron chi connectivity index (χ4n) is 1.79. The maximum absolute atomic E-state index is 11.6. The minimum absolute atomic E-state index is 0.0303. The number of benzene rings is 1. The van der Waals surface area contributed by atoms with Crippen LogP contribution in [0.3, 0.4) is 0 Å². The Balaban J connectivity index is 2.43. The first kappa shape index (κ1) is 13.0. The van der Waals surface area contributed by atoms with Crippen LogP contribution >= 0.6 is 0 Å². The van der Waals surface area contributed by atoms with E-state index in [1.54, 1.807) is 37.6 Å². The Morgan fingerprint density at radius 1 is 1.37 bits per heavy atom. The fourth-order valence-corrected chi connectivity index (χ4v) is 1.79. The van der Waals surface area contributed by atoms with Crippen molar-refractivity contribution in [2.45, 2.75) is 13.5 Å². The van der Waals surface area contributed by atoms with Gasteiger partial charge in [0.2, 0.25) is 0 Å². The van der Waals surface area contributed by atoms with Gasteiger partial charge in [-0.25, -0.2) is 4.68 Å². The summed E-state index contributed by atoms with van der Waals surface area (Å²) < 4.78 is 6.56. The summed E-state index contributed by atoms with van der Waals surface area (Å²) in [6, 6.07) is 8.17. The SMILES string of the molecule is COc1ccc(C(C)=O)cc1Cn1ncccc1=O. The molecule has 0 amide bonds. The van der Waals surface area contributed by atoms with Gasteiger partial charge in [-0.1, -0.05) is 0 Å². The van der Waals surface area contributed by atoms with E-state index in [-0.39, 0.29) is 17.9 Å². The molecule has 0 radical (unpaired) electrons. The van der Waals surface area contributed by atoms with Crippen LogP contribution in [0.1, 0.15) is 22.8 Å². The van der Waals surface area contributed by atoms with Gasteiger partial charge in [-0.2, -0.15) is 5.10 Å². The van der Waals surface area contributed by atoms with E-state index < -0.39 is 0 Å². The number of rotatable bonds is 4. The molecule has 0 fully saturated rings. The highest BCUT2D eigenvalue weighted by atomic mass is 16.5. The van der Waals surface area contributed by atoms with Crippen LogP contribution in [0, 0.1) is 0 Å². The molecule has 0 aliphatic rings. The predicted octanol–water partition coefficient (Wildman–Crippen LogP) is 1.50. The molecule has 0 aliphatic carbocycles. The van der Waals surface area contributed by atoms with Crippen LogP contribution in [0.25, 0.3) is 0 Å². The van der Waals surface area contributed by atoms with E-state index in [4.69, 9.17) is 4.74 Å². The number of ether oxygens (including phenoxy) is 1. The second-order valence-corrected chi connectivity index (χ2v) is 4.10. The molecule has 19 heavy (non-hydrogen) atoms. The van der Waals surface area contributed by atoms with Crippen LogP contribution in [0.5, 0.6) is 5.75 Å². The summed E-state index contributed by atoms with van der Waals surface area (Å²) in [4.78, 5) is 23.0. The van der Waals surface area contributed by atoms with Crippen molar-refractivity contribution in [3.8, 4) is 5.75 Å². The number of nitrogens with zero attached hydrogens (tertiary/aromatic N) is 2. The number of carbonyl (C=O) groups is 1. The number of hydrogen-bond donors (Lipinski definition) is 0. The highest BCUT2D eigenvalue weighted by molar-refractivity contribution is 5.94. The molecular formula is C14H14N2O3. The van der Waals surface area contributed by atoms with Gasteiger partial charge in [-0.05, 0) is 31.2 Å². The van der Waals surface area contributed by atoms with Crippen LogP contribution in [-0.4, -0.2) is 22.7 Å². The molecular weight excluding hydrogens is 244 g/mol. The van der Waals surface area contributed by atoms with Crippen molar-refractivity contribution < 1.29 is 9.53 Å². The van der Waals surface area contributed by atoms with Crippen LogP contribution in [0.15, 0.2) is 41.3 Å². The van der Waals surface area contributed by atoms with Crippen molar-refractivity contribution in [1.82, 2.24) is 9.78 Å². The van der Waals surface area contributed by atoms with Gasteiger partial charge in [-0.3, -0.25) is 9.59 Å². The highest BCUT2D eigenvalue weighted by Gasteiger charge is 2.09. The minimum atomic E-state index is -0.196. The normalized spacial score (nSPS) is 10.2. The van der Waals surface area contributed by atoms with Crippen molar-refractivity contribution in [3.63, 3.8) is 0 Å². The lowest BCUT2D eigenvalue weighted by Crippen LogP contribution is -2.22. The molecule has 5 nitrogen and oxygen atoms in total. The quantitative estimate of drug-likeness (QED) is 0.780. The molecule has 0 saturated heterocycles. The molecule has 1 aromatic heterocycles. The van der Waals surface area contributed by atoms with E-state index in [1.165, 1.54) is 17.7 Å². The molecule has 0 unspecified atom stereocenters. The summed E-state index contributed by atoms with van der Waals surface area (Å²) >= 11 is 0. The van der Waals surface area contributed by atoms with E-state index in [1.807, 2.05) is 0 Å². The Labute approximate surface area is 110 Å². The van der Waals surface area contributed by atoms with Crippen molar-refractivity contribution in [3.05, 3.63) is 58.0 Å². The number of ketones is 1. The molecule has 0 aliphatic heterocycles. The summed E-state index contributed by atoms with van der Waals surface area (Å²) in [7, 11) is 1.55. The topological polar surface area (TPSA) is 61.2 Å². The zero-order valence-electron chi connectivity index (χ0n) is 10.8. The Bertz CT molecular complexity index is 662. The first-order chi connectivity index (χ1) is 9.11. The zero-order valence-corrected chi connectivity index (χ0v) is 10.8. The van der Waals surface area contributed by atoms with E-state index in [0.717, 1.165) is 5.56 Å². The van der Waals surface area contributed by atoms with E-state index in [2.05, 4.69) is 5.10 Å². The van der Waals surface area contributed by atoms with E-state index in [0.29, 0.717) is 11.3 Å². The molecule has 0 spiro atoms. The molecule has 0 N–H and O–H groups in total. The van der Waals surface area contributed by atoms with Gasteiger partial charge in [0.15, 0.2) is 5.78 Å². The standard InChI is InChI=1S/C14H14N2O3/c1-10(17)11-5-6-13(19-2)12(8-11)9-16-14(18)4-3-7-15-16/h3-8H,9H2,1-2H3. The first-order valence-electron chi connectivity index (χ1n) is 5.82. The third kappa shape index (κ3) is 2.88. The summed E-state index contributed by atoms with van der Waals surface area (Å²) in [6.07, 6.45) is 1.54. The van der Waals surface area contributed by atoms with Gasteiger partial charge < -0.3 is 4.74 Å². The van der Waals surface area contributed by atoms with Crippen LogP contribution in [-0.2, 0) is 6.54 Å². The molecule has 1 heterocycles. The van der Waals surface area contributed by atoms with Crippen molar-refractivity contribution >= 4 is 5.78 Å². The van der Waals surface area contributed by atoms with Gasteiger partial charge >= 0.3 is 0 Å². The number of methoxy groups -OCH3 is 1. The number of Topliss-reactive ketones (excluding diaryl/α,β-unsaturated/α-hetero) is 1. The molecule has 0 saturated carbocycles. The third-order valence-electron chi connectivity index (χ3n) is 2.79. The first-order valence-corrected chi connectivity index (χ1v) is 5.82. The summed E-state index contributed by atoms with van der Waals surface area (Å²) in [5.74, 6) is 0.597. The van der Waals surface area contributed by atoms with Crippen molar-refractivity contribution in [2.75, 3.05) is 7.11 Å². The van der Waals surface area contributed by atoms with Gasteiger partial charge in [0, 0.05) is 23.4 Å². The summed E-state index contributed by atoms with van der Waals surface area (Å²) in [6.45, 7) is 1.77. The monoisotopic (exact) mass is 258 g/mol. The lowest BCUT2D eigenvalue weighted by Gasteiger charge is -2.10. The number of aromatic nitrogens is 2. The fraction of sp³-hybridized carbons (Fsp3) is 0.214. The second-order valence-electron chi connectivity index (χ2n) is 4.10.